The van der Waals surface area contributed by atoms with Gasteiger partial charge in [0.05, 0.1) is 0 Å². The number of benzene rings is 2. The van der Waals surface area contributed by atoms with Gasteiger partial charge in [0.2, 0.25) is 0 Å². The molecule has 1 radical (unpaired) electrons. The summed E-state index contributed by atoms with van der Waals surface area (Å²) >= 11 is 0. The SMILES string of the molecule is O=C1C=CC=C/C1=C\Nc1ccc(Oc2ccc(N/C=C3\C=CC=CC3=O)cc2)cc1.[Co]. The molecule has 2 aliphatic rings. The largest absolute Gasteiger partial charge is 0.457 e. The van der Waals surface area contributed by atoms with Crippen LogP contribution in [0.5, 0.6) is 11.5 Å². The van der Waals surface area contributed by atoms with Gasteiger partial charge in [-0.25, -0.2) is 0 Å². The van der Waals surface area contributed by atoms with Crippen molar-refractivity contribution in [3.8, 4) is 11.5 Å². The summed E-state index contributed by atoms with van der Waals surface area (Å²) in [7, 11) is 0. The first kappa shape index (κ1) is 22.8. The third-order valence-corrected chi connectivity index (χ3v) is 4.57. The van der Waals surface area contributed by atoms with Crippen LogP contribution in [0.2, 0.25) is 0 Å². The van der Waals surface area contributed by atoms with Crippen LogP contribution in [-0.4, -0.2) is 11.6 Å². The van der Waals surface area contributed by atoms with Gasteiger partial charge < -0.3 is 15.4 Å². The maximum Gasteiger partial charge on any atom is 0.187 e. The van der Waals surface area contributed by atoms with Gasteiger partial charge in [-0.2, -0.15) is 0 Å². The average molecular weight is 467 g/mol. The molecule has 0 heterocycles. The van der Waals surface area contributed by atoms with Crippen LogP contribution in [0.25, 0.3) is 0 Å². The van der Waals surface area contributed by atoms with Crippen molar-refractivity contribution >= 4 is 22.9 Å². The molecule has 4 rings (SSSR count). The fourth-order valence-electron chi connectivity index (χ4n) is 2.90. The van der Waals surface area contributed by atoms with Gasteiger partial charge in [-0.1, -0.05) is 24.3 Å². The monoisotopic (exact) mass is 467 g/mol. The van der Waals surface area contributed by atoms with Gasteiger partial charge in [-0.3, -0.25) is 9.59 Å². The number of ether oxygens (including phenoxy) is 1. The van der Waals surface area contributed by atoms with E-state index in [9.17, 15) is 9.59 Å². The molecule has 161 valence electrons. The fraction of sp³-hybridized carbons (Fsp3) is 0. The number of carbonyl (C=O) groups excluding carboxylic acids is 2. The molecule has 0 bridgehead atoms. The molecule has 2 aromatic rings. The second kappa shape index (κ2) is 10.9. The van der Waals surface area contributed by atoms with Gasteiger partial charge in [0.15, 0.2) is 11.6 Å². The van der Waals surface area contributed by atoms with Crippen LogP contribution in [0, 0.1) is 0 Å². The van der Waals surface area contributed by atoms with Crippen LogP contribution < -0.4 is 15.4 Å². The molecule has 0 saturated carbocycles. The molecule has 5 nitrogen and oxygen atoms in total. The molecule has 32 heavy (non-hydrogen) atoms. The van der Waals surface area contributed by atoms with E-state index in [2.05, 4.69) is 10.6 Å². The van der Waals surface area contributed by atoms with Crippen LogP contribution in [0.15, 0.2) is 121 Å². The molecular weight excluding hydrogens is 447 g/mol. The minimum Gasteiger partial charge on any atom is -0.457 e. The zero-order chi connectivity index (χ0) is 21.5. The summed E-state index contributed by atoms with van der Waals surface area (Å²) in [5, 5.41) is 6.23. The van der Waals surface area contributed by atoms with E-state index in [1.165, 1.54) is 12.2 Å². The first-order valence-electron chi connectivity index (χ1n) is 9.77. The Bertz CT molecular complexity index is 1080. The second-order valence-corrected chi connectivity index (χ2v) is 6.80. The zero-order valence-electron chi connectivity index (χ0n) is 17.0. The predicted octanol–water partition coefficient (Wildman–Crippen LogP) is 5.46. The molecule has 0 aromatic heterocycles. The third kappa shape index (κ3) is 6.07. The number of hydrogen-bond acceptors (Lipinski definition) is 5. The molecule has 0 unspecified atom stereocenters. The Morgan fingerprint density at radius 2 is 0.938 bits per heavy atom. The van der Waals surface area contributed by atoms with Crippen molar-refractivity contribution in [1.29, 1.82) is 0 Å². The number of rotatable bonds is 6. The predicted molar refractivity (Wildman–Crippen MR) is 123 cm³/mol. The van der Waals surface area contributed by atoms with E-state index in [1.807, 2.05) is 60.7 Å². The van der Waals surface area contributed by atoms with Gasteiger partial charge in [0.25, 0.3) is 0 Å². The van der Waals surface area contributed by atoms with Crippen molar-refractivity contribution in [1.82, 2.24) is 0 Å². The Morgan fingerprint density at radius 1 is 0.562 bits per heavy atom. The number of allylic oxidation sites excluding steroid dienone is 10. The smallest absolute Gasteiger partial charge is 0.187 e. The molecular formula is C26H20CoN2O3. The van der Waals surface area contributed by atoms with Crippen molar-refractivity contribution in [2.24, 2.45) is 0 Å². The summed E-state index contributed by atoms with van der Waals surface area (Å²) in [6.45, 7) is 0. The fourth-order valence-corrected chi connectivity index (χ4v) is 2.90. The Morgan fingerprint density at radius 3 is 1.31 bits per heavy atom. The Labute approximate surface area is 196 Å². The molecule has 6 heteroatoms. The standard InChI is InChI=1S/C26H20N2O3.Co/c29-25-7-3-1-5-19(25)17-27-21-9-13-23(14-10-21)31-24-15-11-22(12-16-24)28-18-20-6-2-4-8-26(20)30;/h1-18,27-28H;/b19-17+,20-18+;. The topological polar surface area (TPSA) is 67.4 Å². The maximum absolute atomic E-state index is 11.7. The van der Waals surface area contributed by atoms with E-state index in [0.717, 1.165) is 11.4 Å². The summed E-state index contributed by atoms with van der Waals surface area (Å²) in [5.41, 5.74) is 2.91. The minimum absolute atomic E-state index is 0. The first-order chi connectivity index (χ1) is 15.2. The van der Waals surface area contributed by atoms with E-state index < -0.39 is 0 Å². The first-order valence-corrected chi connectivity index (χ1v) is 9.77. The van der Waals surface area contributed by atoms with E-state index in [1.54, 1.807) is 36.7 Å². The molecule has 0 amide bonds. The van der Waals surface area contributed by atoms with Gasteiger partial charge in [-0.05, 0) is 72.8 Å². The normalized spacial score (nSPS) is 16.9. The van der Waals surface area contributed by atoms with Crippen molar-refractivity contribution in [3.63, 3.8) is 0 Å². The molecule has 0 atom stereocenters. The van der Waals surface area contributed by atoms with E-state index >= 15 is 0 Å². The minimum atomic E-state index is -0.0253. The Kier molecular flexibility index (Phi) is 7.80. The molecule has 0 fully saturated rings. The quantitative estimate of drug-likeness (QED) is 0.553. The third-order valence-electron chi connectivity index (χ3n) is 4.57. The molecule has 2 aliphatic carbocycles. The van der Waals surface area contributed by atoms with Gasteiger partial charge in [-0.15, -0.1) is 0 Å². The molecule has 2 N–H and O–H groups in total. The zero-order valence-corrected chi connectivity index (χ0v) is 18.0. The number of hydrogen-bond donors (Lipinski definition) is 2. The van der Waals surface area contributed by atoms with Crippen LogP contribution in [0.3, 0.4) is 0 Å². The maximum atomic E-state index is 11.7. The van der Waals surface area contributed by atoms with Crippen LogP contribution >= 0.6 is 0 Å². The Balaban J connectivity index is 0.00000289. The number of nitrogens with one attached hydrogen (secondary N) is 2. The second-order valence-electron chi connectivity index (χ2n) is 6.80. The van der Waals surface area contributed by atoms with E-state index in [0.29, 0.717) is 22.6 Å². The number of anilines is 2. The molecule has 2 aromatic carbocycles. The molecule has 0 saturated heterocycles. The van der Waals surface area contributed by atoms with E-state index in [-0.39, 0.29) is 28.3 Å². The van der Waals surface area contributed by atoms with Gasteiger partial charge in [0, 0.05) is 51.7 Å². The van der Waals surface area contributed by atoms with E-state index in [4.69, 9.17) is 4.74 Å². The average Bonchev–Trinajstić information content (AvgIpc) is 2.80. The van der Waals surface area contributed by atoms with Crippen molar-refractivity contribution in [3.05, 3.63) is 121 Å². The molecule has 0 aliphatic heterocycles. The van der Waals surface area contributed by atoms with Crippen LogP contribution in [-0.2, 0) is 26.4 Å². The summed E-state index contributed by atoms with van der Waals surface area (Å²) in [6.07, 6.45) is 17.1. The summed E-state index contributed by atoms with van der Waals surface area (Å²) in [6, 6.07) is 14.9. The van der Waals surface area contributed by atoms with Gasteiger partial charge >= 0.3 is 0 Å². The van der Waals surface area contributed by atoms with Crippen LogP contribution in [0.1, 0.15) is 0 Å². The summed E-state index contributed by atoms with van der Waals surface area (Å²) in [5.74, 6) is 1.34. The van der Waals surface area contributed by atoms with Crippen LogP contribution in [0.4, 0.5) is 11.4 Å². The number of ketones is 2. The summed E-state index contributed by atoms with van der Waals surface area (Å²) in [4.78, 5) is 23.5. The Hall–Kier alpha value is -3.87. The van der Waals surface area contributed by atoms with Crippen molar-refractivity contribution in [2.75, 3.05) is 10.6 Å². The molecule has 0 spiro atoms. The van der Waals surface area contributed by atoms with Gasteiger partial charge in [0.1, 0.15) is 11.5 Å². The van der Waals surface area contributed by atoms with Crippen molar-refractivity contribution in [2.45, 2.75) is 0 Å². The van der Waals surface area contributed by atoms with Crippen molar-refractivity contribution < 1.29 is 31.1 Å². The number of carbonyl (C=O) groups is 2. The summed E-state index contributed by atoms with van der Waals surface area (Å²) < 4.78 is 5.88.